The SMILES string of the molecule is O=C1NC2(CCCCCCC2)C(=O)N1CCCCO. The predicted molar refractivity (Wildman–Crippen MR) is 71.6 cm³/mol. The Morgan fingerprint density at radius 1 is 1.05 bits per heavy atom. The Balaban J connectivity index is 2.02. The van der Waals surface area contributed by atoms with Gasteiger partial charge in [-0.3, -0.25) is 9.69 Å². The predicted octanol–water partition coefficient (Wildman–Crippen LogP) is 1.79. The van der Waals surface area contributed by atoms with Gasteiger partial charge in [0.15, 0.2) is 0 Å². The van der Waals surface area contributed by atoms with Crippen LogP contribution < -0.4 is 5.32 Å². The fraction of sp³-hybridized carbons (Fsp3) is 0.857. The summed E-state index contributed by atoms with van der Waals surface area (Å²) in [6.45, 7) is 0.530. The molecule has 0 aromatic rings. The van der Waals surface area contributed by atoms with Crippen molar-refractivity contribution in [2.24, 2.45) is 0 Å². The van der Waals surface area contributed by atoms with Gasteiger partial charge in [-0.25, -0.2) is 4.79 Å². The highest BCUT2D eigenvalue weighted by atomic mass is 16.3. The molecule has 2 fully saturated rings. The number of nitrogens with zero attached hydrogens (tertiary/aromatic N) is 1. The van der Waals surface area contributed by atoms with E-state index in [9.17, 15) is 9.59 Å². The number of unbranched alkanes of at least 4 members (excludes halogenated alkanes) is 1. The smallest absolute Gasteiger partial charge is 0.325 e. The highest BCUT2D eigenvalue weighted by Crippen LogP contribution is 2.32. The van der Waals surface area contributed by atoms with Crippen molar-refractivity contribution in [1.29, 1.82) is 0 Å². The van der Waals surface area contributed by atoms with Crippen LogP contribution in [0.15, 0.2) is 0 Å². The summed E-state index contributed by atoms with van der Waals surface area (Å²) in [5, 5.41) is 11.7. The highest BCUT2D eigenvalue weighted by Gasteiger charge is 2.49. The molecule has 0 aromatic carbocycles. The van der Waals surface area contributed by atoms with Crippen LogP contribution in [0.3, 0.4) is 0 Å². The molecule has 2 rings (SSSR count). The third-order valence-electron chi connectivity index (χ3n) is 4.24. The third kappa shape index (κ3) is 3.08. The first-order valence-electron chi connectivity index (χ1n) is 7.45. The summed E-state index contributed by atoms with van der Waals surface area (Å²) in [7, 11) is 0. The molecule has 0 radical (unpaired) electrons. The number of urea groups is 1. The van der Waals surface area contributed by atoms with Gasteiger partial charge in [0, 0.05) is 13.2 Å². The van der Waals surface area contributed by atoms with E-state index in [4.69, 9.17) is 5.11 Å². The van der Waals surface area contributed by atoms with Gasteiger partial charge in [-0.1, -0.05) is 32.1 Å². The Bertz CT molecular complexity index is 336. The van der Waals surface area contributed by atoms with Crippen molar-refractivity contribution in [3.05, 3.63) is 0 Å². The zero-order valence-electron chi connectivity index (χ0n) is 11.5. The lowest BCUT2D eigenvalue weighted by molar-refractivity contribution is -0.132. The number of hydrogen-bond acceptors (Lipinski definition) is 3. The second-order valence-electron chi connectivity index (χ2n) is 5.67. The molecule has 2 aliphatic rings. The summed E-state index contributed by atoms with van der Waals surface area (Å²) in [5.41, 5.74) is -0.628. The second-order valence-corrected chi connectivity index (χ2v) is 5.67. The fourth-order valence-electron chi connectivity index (χ4n) is 3.11. The van der Waals surface area contributed by atoms with E-state index in [0.717, 1.165) is 38.5 Å². The maximum Gasteiger partial charge on any atom is 0.325 e. The number of imide groups is 1. The first-order valence-corrected chi connectivity index (χ1v) is 7.45. The molecular weight excluding hydrogens is 244 g/mol. The van der Waals surface area contributed by atoms with Crippen LogP contribution in [-0.4, -0.2) is 40.6 Å². The van der Waals surface area contributed by atoms with Crippen molar-refractivity contribution >= 4 is 11.9 Å². The van der Waals surface area contributed by atoms with Crippen LogP contribution in [0.25, 0.3) is 0 Å². The normalized spacial score (nSPS) is 23.3. The number of carbonyl (C=O) groups is 2. The molecule has 1 saturated carbocycles. The molecule has 0 unspecified atom stereocenters. The van der Waals surface area contributed by atoms with E-state index in [0.29, 0.717) is 19.4 Å². The van der Waals surface area contributed by atoms with Gasteiger partial charge in [0.25, 0.3) is 5.91 Å². The lowest BCUT2D eigenvalue weighted by atomic mass is 9.84. The van der Waals surface area contributed by atoms with Gasteiger partial charge in [-0.2, -0.15) is 0 Å². The van der Waals surface area contributed by atoms with Gasteiger partial charge >= 0.3 is 6.03 Å². The van der Waals surface area contributed by atoms with Crippen LogP contribution in [0.5, 0.6) is 0 Å². The van der Waals surface area contributed by atoms with E-state index in [1.807, 2.05) is 0 Å². The van der Waals surface area contributed by atoms with Gasteiger partial charge in [-0.15, -0.1) is 0 Å². The Hall–Kier alpha value is -1.10. The molecule has 1 saturated heterocycles. The maximum atomic E-state index is 12.5. The average molecular weight is 268 g/mol. The number of aliphatic hydroxyl groups is 1. The molecule has 5 heteroatoms. The van der Waals surface area contributed by atoms with E-state index >= 15 is 0 Å². The van der Waals surface area contributed by atoms with Crippen LogP contribution in [0, 0.1) is 0 Å². The largest absolute Gasteiger partial charge is 0.396 e. The van der Waals surface area contributed by atoms with Crippen molar-refractivity contribution in [1.82, 2.24) is 10.2 Å². The molecule has 1 aliphatic carbocycles. The summed E-state index contributed by atoms with van der Waals surface area (Å²) < 4.78 is 0. The minimum absolute atomic E-state index is 0.0441. The monoisotopic (exact) mass is 268 g/mol. The lowest BCUT2D eigenvalue weighted by Crippen LogP contribution is -2.47. The second kappa shape index (κ2) is 6.37. The van der Waals surface area contributed by atoms with Crippen molar-refractivity contribution in [3.63, 3.8) is 0 Å². The fourth-order valence-corrected chi connectivity index (χ4v) is 3.11. The first-order chi connectivity index (χ1) is 9.19. The van der Waals surface area contributed by atoms with Crippen molar-refractivity contribution < 1.29 is 14.7 Å². The standard InChI is InChI=1S/C14H24N2O3/c17-11-7-6-10-16-12(18)14(15-13(16)19)8-4-2-1-3-5-9-14/h17H,1-11H2,(H,15,19). The zero-order valence-corrected chi connectivity index (χ0v) is 11.5. The van der Waals surface area contributed by atoms with E-state index in [-0.39, 0.29) is 18.5 Å². The molecule has 19 heavy (non-hydrogen) atoms. The molecule has 1 heterocycles. The number of amides is 3. The maximum absolute atomic E-state index is 12.5. The van der Waals surface area contributed by atoms with Gasteiger partial charge in [0.2, 0.25) is 0 Å². The van der Waals surface area contributed by atoms with Crippen LogP contribution in [0.1, 0.15) is 57.8 Å². The van der Waals surface area contributed by atoms with Crippen molar-refractivity contribution in [2.45, 2.75) is 63.3 Å². The molecule has 5 nitrogen and oxygen atoms in total. The molecular formula is C14H24N2O3. The number of carbonyl (C=O) groups excluding carboxylic acids is 2. The summed E-state index contributed by atoms with van der Waals surface area (Å²) in [6, 6.07) is -0.247. The Morgan fingerprint density at radius 2 is 1.68 bits per heavy atom. The van der Waals surface area contributed by atoms with Crippen LogP contribution in [-0.2, 0) is 4.79 Å². The molecule has 3 amide bonds. The first kappa shape index (κ1) is 14.3. The number of nitrogens with one attached hydrogen (secondary N) is 1. The molecule has 108 valence electrons. The van der Waals surface area contributed by atoms with E-state index in [1.165, 1.54) is 11.3 Å². The lowest BCUT2D eigenvalue weighted by Gasteiger charge is -2.28. The molecule has 2 N–H and O–H groups in total. The van der Waals surface area contributed by atoms with E-state index in [1.54, 1.807) is 0 Å². The third-order valence-corrected chi connectivity index (χ3v) is 4.24. The minimum Gasteiger partial charge on any atom is -0.396 e. The number of aliphatic hydroxyl groups excluding tert-OH is 1. The summed E-state index contributed by atoms with van der Waals surface area (Å²) >= 11 is 0. The Kier molecular flexibility index (Phi) is 4.80. The van der Waals surface area contributed by atoms with Gasteiger partial charge in [0.05, 0.1) is 0 Å². The summed E-state index contributed by atoms with van der Waals surface area (Å²) in [6.07, 6.45) is 8.40. The van der Waals surface area contributed by atoms with Crippen LogP contribution >= 0.6 is 0 Å². The Morgan fingerprint density at radius 3 is 2.32 bits per heavy atom. The van der Waals surface area contributed by atoms with E-state index < -0.39 is 5.54 Å². The molecule has 0 aromatic heterocycles. The van der Waals surface area contributed by atoms with Gasteiger partial charge < -0.3 is 10.4 Å². The Labute approximate surface area is 114 Å². The number of hydrogen-bond donors (Lipinski definition) is 2. The summed E-state index contributed by atoms with van der Waals surface area (Å²) in [5.74, 6) is -0.0441. The van der Waals surface area contributed by atoms with Crippen LogP contribution in [0.2, 0.25) is 0 Å². The molecule has 1 aliphatic heterocycles. The van der Waals surface area contributed by atoms with Gasteiger partial charge in [-0.05, 0) is 25.7 Å². The van der Waals surface area contributed by atoms with E-state index in [2.05, 4.69) is 5.32 Å². The number of rotatable bonds is 4. The average Bonchev–Trinajstić information content (AvgIpc) is 2.59. The highest BCUT2D eigenvalue weighted by molar-refractivity contribution is 6.07. The van der Waals surface area contributed by atoms with Gasteiger partial charge in [0.1, 0.15) is 5.54 Å². The zero-order chi connectivity index (χ0) is 13.7. The molecule has 1 spiro atoms. The quantitative estimate of drug-likeness (QED) is 0.603. The molecule has 0 bridgehead atoms. The van der Waals surface area contributed by atoms with Crippen molar-refractivity contribution in [2.75, 3.05) is 13.2 Å². The summed E-state index contributed by atoms with van der Waals surface area (Å²) in [4.78, 5) is 25.9. The minimum atomic E-state index is -0.628. The molecule has 0 atom stereocenters. The topological polar surface area (TPSA) is 69.6 Å². The van der Waals surface area contributed by atoms with Crippen LogP contribution in [0.4, 0.5) is 4.79 Å². The van der Waals surface area contributed by atoms with Crippen molar-refractivity contribution in [3.8, 4) is 0 Å².